The van der Waals surface area contributed by atoms with E-state index in [1.54, 1.807) is 49.0 Å². The van der Waals surface area contributed by atoms with E-state index >= 15 is 0 Å². The van der Waals surface area contributed by atoms with Crippen LogP contribution >= 0.6 is 35.6 Å². The molecule has 0 bridgehead atoms. The van der Waals surface area contributed by atoms with Gasteiger partial charge in [0, 0.05) is 34.3 Å². The van der Waals surface area contributed by atoms with E-state index in [-0.39, 0.29) is 11.8 Å². The summed E-state index contributed by atoms with van der Waals surface area (Å²) in [6, 6.07) is 11.6. The molecule has 0 heterocycles. The van der Waals surface area contributed by atoms with Gasteiger partial charge >= 0.3 is 5.97 Å². The lowest BCUT2D eigenvalue weighted by Gasteiger charge is -2.11. The first kappa shape index (κ1) is 21.5. The van der Waals surface area contributed by atoms with Gasteiger partial charge in [0.25, 0.3) is 0 Å². The Morgan fingerprint density at radius 3 is 2.81 bits per heavy atom. The summed E-state index contributed by atoms with van der Waals surface area (Å²) in [7, 11) is 0. The maximum absolute atomic E-state index is 13.7. The molecule has 27 heavy (non-hydrogen) atoms. The molecule has 0 aromatic heterocycles. The molecule has 4 nitrogen and oxygen atoms in total. The molecule has 2 aromatic rings. The van der Waals surface area contributed by atoms with Crippen LogP contribution in [0.5, 0.6) is 0 Å². The number of thioether (sulfide) groups is 1. The molecule has 2 rings (SSSR count). The van der Waals surface area contributed by atoms with E-state index in [9.17, 15) is 9.18 Å². The van der Waals surface area contributed by atoms with Crippen LogP contribution in [0.1, 0.15) is 22.8 Å². The predicted molar refractivity (Wildman–Crippen MR) is 114 cm³/mol. The van der Waals surface area contributed by atoms with Gasteiger partial charge < -0.3 is 15.4 Å². The number of nitrogens with one attached hydrogen (secondary N) is 2. The lowest BCUT2D eigenvalue weighted by Crippen LogP contribution is -2.30. The Hall–Kier alpha value is -1.83. The lowest BCUT2D eigenvalue weighted by molar-refractivity contribution is 0.0526. The van der Waals surface area contributed by atoms with Crippen LogP contribution in [-0.2, 0) is 10.5 Å². The van der Waals surface area contributed by atoms with Crippen LogP contribution in [-0.4, -0.2) is 30.0 Å². The third kappa shape index (κ3) is 7.01. The van der Waals surface area contributed by atoms with E-state index in [0.717, 1.165) is 5.75 Å². The molecule has 0 saturated carbocycles. The van der Waals surface area contributed by atoms with E-state index in [1.165, 1.54) is 6.07 Å². The summed E-state index contributed by atoms with van der Waals surface area (Å²) in [5.41, 5.74) is 1.67. The largest absolute Gasteiger partial charge is 0.462 e. The molecule has 144 valence electrons. The molecule has 0 aliphatic carbocycles. The van der Waals surface area contributed by atoms with Crippen molar-refractivity contribution in [1.82, 2.24) is 5.32 Å². The summed E-state index contributed by atoms with van der Waals surface area (Å²) < 4.78 is 18.7. The van der Waals surface area contributed by atoms with Crippen molar-refractivity contribution in [2.45, 2.75) is 12.7 Å². The third-order valence-corrected chi connectivity index (χ3v) is 5.06. The van der Waals surface area contributed by atoms with Gasteiger partial charge in [-0.25, -0.2) is 9.18 Å². The Morgan fingerprint density at radius 2 is 2.07 bits per heavy atom. The van der Waals surface area contributed by atoms with E-state index in [4.69, 9.17) is 28.6 Å². The molecular weight excluding hydrogens is 407 g/mol. The van der Waals surface area contributed by atoms with Gasteiger partial charge in [-0.05, 0) is 49.5 Å². The van der Waals surface area contributed by atoms with E-state index in [1.807, 2.05) is 6.07 Å². The van der Waals surface area contributed by atoms with Crippen molar-refractivity contribution in [2.75, 3.05) is 24.2 Å². The number of carbonyl (C=O) groups excluding carboxylic acids is 1. The number of ether oxygens (including phenoxy) is 1. The number of thiocarbonyl (C=S) groups is 1. The molecule has 8 heteroatoms. The summed E-state index contributed by atoms with van der Waals surface area (Å²) in [6.07, 6.45) is 0. The van der Waals surface area contributed by atoms with Crippen molar-refractivity contribution in [3.05, 3.63) is 64.4 Å². The van der Waals surface area contributed by atoms with Crippen molar-refractivity contribution >= 4 is 52.3 Å². The fourth-order valence-electron chi connectivity index (χ4n) is 2.19. The molecule has 0 aliphatic rings. The number of anilines is 1. The second kappa shape index (κ2) is 11.1. The van der Waals surface area contributed by atoms with Gasteiger partial charge in [0.2, 0.25) is 0 Å². The average Bonchev–Trinajstić information content (AvgIpc) is 2.64. The van der Waals surface area contributed by atoms with E-state index in [0.29, 0.717) is 45.9 Å². The summed E-state index contributed by atoms with van der Waals surface area (Å²) in [5, 5.41) is 6.99. The Kier molecular flexibility index (Phi) is 8.84. The Balaban J connectivity index is 1.74. The number of rotatable bonds is 8. The predicted octanol–water partition coefficient (Wildman–Crippen LogP) is 4.88. The quantitative estimate of drug-likeness (QED) is 0.356. The molecule has 2 aromatic carbocycles. The fourth-order valence-corrected chi connectivity index (χ4v) is 3.61. The first-order valence-electron chi connectivity index (χ1n) is 8.34. The van der Waals surface area contributed by atoms with Gasteiger partial charge in [0.1, 0.15) is 5.82 Å². The van der Waals surface area contributed by atoms with Crippen molar-refractivity contribution in [3.8, 4) is 0 Å². The summed E-state index contributed by atoms with van der Waals surface area (Å²) in [4.78, 5) is 11.8. The van der Waals surface area contributed by atoms with Crippen molar-refractivity contribution in [2.24, 2.45) is 0 Å². The molecule has 0 unspecified atom stereocenters. The minimum absolute atomic E-state index is 0.290. The molecule has 0 amide bonds. The Labute approximate surface area is 172 Å². The second-order valence-corrected chi connectivity index (χ2v) is 7.36. The summed E-state index contributed by atoms with van der Waals surface area (Å²) in [6.45, 7) is 2.70. The molecule has 0 aliphatic heterocycles. The highest BCUT2D eigenvalue weighted by Crippen LogP contribution is 2.23. The summed E-state index contributed by atoms with van der Waals surface area (Å²) >= 11 is 12.8. The van der Waals surface area contributed by atoms with Crippen LogP contribution < -0.4 is 10.6 Å². The van der Waals surface area contributed by atoms with Gasteiger partial charge in [-0.1, -0.05) is 23.7 Å². The van der Waals surface area contributed by atoms with Gasteiger partial charge in [-0.15, -0.1) is 0 Å². The van der Waals surface area contributed by atoms with Gasteiger partial charge in [0.15, 0.2) is 5.11 Å². The number of carbonyl (C=O) groups is 1. The first-order chi connectivity index (χ1) is 13.0. The Bertz CT molecular complexity index is 785. The molecule has 0 saturated heterocycles. The first-order valence-corrected chi connectivity index (χ1v) is 10.3. The fraction of sp³-hybridized carbons (Fsp3) is 0.263. The van der Waals surface area contributed by atoms with Crippen LogP contribution in [0.15, 0.2) is 42.5 Å². The van der Waals surface area contributed by atoms with Crippen molar-refractivity contribution in [3.63, 3.8) is 0 Å². The zero-order valence-corrected chi connectivity index (χ0v) is 17.1. The van der Waals surface area contributed by atoms with Gasteiger partial charge in [-0.3, -0.25) is 0 Å². The number of hydrogen-bond acceptors (Lipinski definition) is 4. The standard InChI is InChI=1S/C19H20ClFN2O2S2/c1-2-25-18(24)13-5-3-6-14(11-13)23-19(26)22-9-10-27-12-15-16(20)7-4-8-17(15)21/h3-8,11H,2,9-10,12H2,1H3,(H2,22,23,26). The highest BCUT2D eigenvalue weighted by atomic mass is 35.5. The van der Waals surface area contributed by atoms with Crippen molar-refractivity contribution in [1.29, 1.82) is 0 Å². The van der Waals surface area contributed by atoms with E-state index in [2.05, 4.69) is 10.6 Å². The van der Waals surface area contributed by atoms with Crippen molar-refractivity contribution < 1.29 is 13.9 Å². The summed E-state index contributed by atoms with van der Waals surface area (Å²) in [5.74, 6) is 0.564. The highest BCUT2D eigenvalue weighted by molar-refractivity contribution is 7.98. The molecular formula is C19H20ClFN2O2S2. The minimum atomic E-state index is -0.372. The zero-order valence-electron chi connectivity index (χ0n) is 14.8. The normalized spacial score (nSPS) is 10.3. The number of halogens is 2. The Morgan fingerprint density at radius 1 is 1.30 bits per heavy atom. The molecule has 0 spiro atoms. The molecule has 2 N–H and O–H groups in total. The lowest BCUT2D eigenvalue weighted by atomic mass is 10.2. The van der Waals surface area contributed by atoms with Crippen LogP contribution in [0.25, 0.3) is 0 Å². The van der Waals surface area contributed by atoms with Crippen LogP contribution in [0.4, 0.5) is 10.1 Å². The van der Waals surface area contributed by atoms with Crippen LogP contribution in [0, 0.1) is 5.82 Å². The molecule has 0 atom stereocenters. The SMILES string of the molecule is CCOC(=O)c1cccc(NC(=S)NCCSCc2c(F)cccc2Cl)c1. The zero-order chi connectivity index (χ0) is 19.6. The molecule has 0 radical (unpaired) electrons. The number of benzene rings is 2. The topological polar surface area (TPSA) is 50.4 Å². The highest BCUT2D eigenvalue weighted by Gasteiger charge is 2.08. The van der Waals surface area contributed by atoms with Gasteiger partial charge in [0.05, 0.1) is 12.2 Å². The van der Waals surface area contributed by atoms with Gasteiger partial charge in [-0.2, -0.15) is 11.8 Å². The van der Waals surface area contributed by atoms with Crippen LogP contribution in [0.3, 0.4) is 0 Å². The smallest absolute Gasteiger partial charge is 0.338 e. The second-order valence-electron chi connectivity index (χ2n) is 5.43. The average molecular weight is 427 g/mol. The number of hydrogen-bond donors (Lipinski definition) is 2. The number of esters is 1. The van der Waals surface area contributed by atoms with E-state index < -0.39 is 0 Å². The molecule has 0 fully saturated rings. The van der Waals surface area contributed by atoms with Crippen LogP contribution in [0.2, 0.25) is 5.02 Å². The monoisotopic (exact) mass is 426 g/mol. The third-order valence-electron chi connectivity index (χ3n) is 3.47. The minimum Gasteiger partial charge on any atom is -0.462 e. The maximum atomic E-state index is 13.7. The maximum Gasteiger partial charge on any atom is 0.338 e.